The number of hydrogen-bond donors (Lipinski definition) is 1. The van der Waals surface area contributed by atoms with Gasteiger partial charge in [-0.15, -0.1) is 6.42 Å². The second-order valence-corrected chi connectivity index (χ2v) is 3.86. The van der Waals surface area contributed by atoms with Gasteiger partial charge < -0.3 is 5.32 Å². The van der Waals surface area contributed by atoms with Crippen molar-refractivity contribution in [2.75, 3.05) is 0 Å². The van der Waals surface area contributed by atoms with Crippen LogP contribution in [0, 0.1) is 12.3 Å². The van der Waals surface area contributed by atoms with Crippen LogP contribution in [0.1, 0.15) is 23.7 Å². The first-order valence-electron chi connectivity index (χ1n) is 5.72. The van der Waals surface area contributed by atoms with E-state index in [4.69, 9.17) is 6.42 Å². The van der Waals surface area contributed by atoms with E-state index < -0.39 is 0 Å². The molecule has 90 valence electrons. The van der Waals surface area contributed by atoms with Crippen LogP contribution in [-0.2, 0) is 0 Å². The van der Waals surface area contributed by atoms with E-state index in [-0.39, 0.29) is 11.9 Å². The Morgan fingerprint density at radius 1 is 1.39 bits per heavy atom. The molecule has 18 heavy (non-hydrogen) atoms. The lowest BCUT2D eigenvalue weighted by molar-refractivity contribution is 0.0945. The summed E-state index contributed by atoms with van der Waals surface area (Å²) >= 11 is 0. The zero-order valence-electron chi connectivity index (χ0n) is 10.1. The van der Waals surface area contributed by atoms with Crippen LogP contribution in [0.15, 0.2) is 30.6 Å². The number of carbonyl (C=O) groups is 1. The van der Waals surface area contributed by atoms with Gasteiger partial charge in [0.15, 0.2) is 0 Å². The third kappa shape index (κ3) is 2.46. The van der Waals surface area contributed by atoms with Crippen molar-refractivity contribution in [2.45, 2.75) is 19.4 Å². The summed E-state index contributed by atoms with van der Waals surface area (Å²) in [5.74, 6) is 2.34. The van der Waals surface area contributed by atoms with E-state index in [0.717, 1.165) is 5.52 Å². The van der Waals surface area contributed by atoms with Gasteiger partial charge in [-0.2, -0.15) is 0 Å². The van der Waals surface area contributed by atoms with Crippen LogP contribution >= 0.6 is 0 Å². The Kier molecular flexibility index (Phi) is 3.54. The number of nitrogens with one attached hydrogen (secondary N) is 1. The minimum absolute atomic E-state index is 0.188. The minimum Gasteiger partial charge on any atom is -0.338 e. The van der Waals surface area contributed by atoms with Crippen LogP contribution < -0.4 is 5.32 Å². The Morgan fingerprint density at radius 2 is 2.11 bits per heavy atom. The fraction of sp³-hybridized carbons (Fsp3) is 0.214. The highest BCUT2D eigenvalue weighted by Gasteiger charge is 2.10. The molecule has 1 aromatic heterocycles. The van der Waals surface area contributed by atoms with Gasteiger partial charge >= 0.3 is 0 Å². The summed E-state index contributed by atoms with van der Waals surface area (Å²) in [4.78, 5) is 20.3. The largest absolute Gasteiger partial charge is 0.338 e. The first-order valence-corrected chi connectivity index (χ1v) is 5.72. The van der Waals surface area contributed by atoms with Gasteiger partial charge in [-0.1, -0.05) is 12.8 Å². The molecule has 0 fully saturated rings. The number of hydrogen-bond acceptors (Lipinski definition) is 3. The highest BCUT2D eigenvalue weighted by molar-refractivity contribution is 5.97. The third-order valence-corrected chi connectivity index (χ3v) is 2.65. The lowest BCUT2D eigenvalue weighted by atomic mass is 10.1. The van der Waals surface area contributed by atoms with Gasteiger partial charge in [-0.25, -0.2) is 0 Å². The molecule has 0 aliphatic heterocycles. The molecule has 4 heteroatoms. The Morgan fingerprint density at radius 3 is 2.78 bits per heavy atom. The molecule has 1 heterocycles. The second-order valence-electron chi connectivity index (χ2n) is 3.86. The topological polar surface area (TPSA) is 54.9 Å². The van der Waals surface area contributed by atoms with E-state index >= 15 is 0 Å². The first-order chi connectivity index (χ1) is 8.74. The molecule has 0 spiro atoms. The summed E-state index contributed by atoms with van der Waals surface area (Å²) in [6, 6.07) is 4.96. The molecule has 4 nitrogen and oxygen atoms in total. The fourth-order valence-electron chi connectivity index (χ4n) is 1.61. The van der Waals surface area contributed by atoms with Crippen molar-refractivity contribution in [3.63, 3.8) is 0 Å². The Labute approximate surface area is 105 Å². The van der Waals surface area contributed by atoms with Gasteiger partial charge in [0.2, 0.25) is 0 Å². The van der Waals surface area contributed by atoms with Crippen molar-refractivity contribution >= 4 is 16.9 Å². The molecule has 0 bridgehead atoms. The number of rotatable bonds is 3. The van der Waals surface area contributed by atoms with Crippen LogP contribution in [0.5, 0.6) is 0 Å². The van der Waals surface area contributed by atoms with Crippen molar-refractivity contribution in [2.24, 2.45) is 0 Å². The molecule has 1 N–H and O–H groups in total. The lowest BCUT2D eigenvalue weighted by Crippen LogP contribution is -2.33. The maximum atomic E-state index is 12.0. The first kappa shape index (κ1) is 12.1. The summed E-state index contributed by atoms with van der Waals surface area (Å²) in [5.41, 5.74) is 1.99. The maximum Gasteiger partial charge on any atom is 0.252 e. The van der Waals surface area contributed by atoms with E-state index in [1.165, 1.54) is 0 Å². The summed E-state index contributed by atoms with van der Waals surface area (Å²) in [5, 5.41) is 2.77. The molecular weight excluding hydrogens is 226 g/mol. The highest BCUT2D eigenvalue weighted by atomic mass is 16.1. The van der Waals surface area contributed by atoms with E-state index in [2.05, 4.69) is 21.2 Å². The van der Waals surface area contributed by atoms with Crippen molar-refractivity contribution in [3.8, 4) is 12.3 Å². The normalized spacial score (nSPS) is 11.8. The standard InChI is InChI=1S/C14H13N3O/c1-3-11(4-2)17-14(18)10-5-6-12-13(9-10)16-8-7-15-12/h1,5-9,11H,4H2,2H3,(H,17,18). The number of terminal acetylenes is 1. The molecule has 0 aliphatic carbocycles. The second kappa shape index (κ2) is 5.28. The van der Waals surface area contributed by atoms with Crippen LogP contribution in [0.3, 0.4) is 0 Å². The zero-order valence-corrected chi connectivity index (χ0v) is 10.1. The Hall–Kier alpha value is -2.41. The predicted molar refractivity (Wildman–Crippen MR) is 69.9 cm³/mol. The number of benzene rings is 1. The number of aromatic nitrogens is 2. The van der Waals surface area contributed by atoms with Crippen LogP contribution in [-0.4, -0.2) is 21.9 Å². The number of nitrogens with zero attached hydrogens (tertiary/aromatic N) is 2. The van der Waals surface area contributed by atoms with Crippen molar-refractivity contribution < 1.29 is 4.79 Å². The Bertz CT molecular complexity index is 616. The number of amides is 1. The zero-order chi connectivity index (χ0) is 13.0. The molecule has 0 radical (unpaired) electrons. The van der Waals surface area contributed by atoms with Gasteiger partial charge in [-0.3, -0.25) is 14.8 Å². The van der Waals surface area contributed by atoms with Crippen LogP contribution in [0.4, 0.5) is 0 Å². The SMILES string of the molecule is C#CC(CC)NC(=O)c1ccc2nccnc2c1. The molecule has 1 amide bonds. The molecule has 2 aromatic rings. The van der Waals surface area contributed by atoms with Gasteiger partial charge in [0.25, 0.3) is 5.91 Å². The minimum atomic E-state index is -0.241. The third-order valence-electron chi connectivity index (χ3n) is 2.65. The summed E-state index contributed by atoms with van der Waals surface area (Å²) in [7, 11) is 0. The Balaban J connectivity index is 2.26. The lowest BCUT2D eigenvalue weighted by Gasteiger charge is -2.10. The molecule has 0 saturated heterocycles. The molecule has 0 saturated carbocycles. The predicted octanol–water partition coefficient (Wildman–Crippen LogP) is 1.77. The maximum absolute atomic E-state index is 12.0. The number of fused-ring (bicyclic) bond motifs is 1. The monoisotopic (exact) mass is 239 g/mol. The van der Waals surface area contributed by atoms with Crippen LogP contribution in [0.25, 0.3) is 11.0 Å². The van der Waals surface area contributed by atoms with E-state index in [9.17, 15) is 4.79 Å². The van der Waals surface area contributed by atoms with Crippen molar-refractivity contribution in [1.29, 1.82) is 0 Å². The summed E-state index contributed by atoms with van der Waals surface area (Å²) < 4.78 is 0. The smallest absolute Gasteiger partial charge is 0.252 e. The molecule has 1 atom stereocenters. The molecule has 1 aromatic carbocycles. The quantitative estimate of drug-likeness (QED) is 0.830. The van der Waals surface area contributed by atoms with Gasteiger partial charge in [0, 0.05) is 18.0 Å². The average Bonchev–Trinajstić information content (AvgIpc) is 2.44. The molecule has 0 aliphatic rings. The van der Waals surface area contributed by atoms with Gasteiger partial charge in [0.1, 0.15) is 0 Å². The van der Waals surface area contributed by atoms with Gasteiger partial charge in [0.05, 0.1) is 17.1 Å². The van der Waals surface area contributed by atoms with Gasteiger partial charge in [-0.05, 0) is 24.6 Å². The molecular formula is C14H13N3O. The van der Waals surface area contributed by atoms with Crippen LogP contribution in [0.2, 0.25) is 0 Å². The van der Waals surface area contributed by atoms with E-state index in [1.54, 1.807) is 30.6 Å². The summed E-state index contributed by atoms with van der Waals surface area (Å²) in [6.07, 6.45) is 9.23. The highest BCUT2D eigenvalue weighted by Crippen LogP contribution is 2.11. The van der Waals surface area contributed by atoms with E-state index in [0.29, 0.717) is 17.5 Å². The number of carbonyl (C=O) groups excluding carboxylic acids is 1. The fourth-order valence-corrected chi connectivity index (χ4v) is 1.61. The van der Waals surface area contributed by atoms with Crippen molar-refractivity contribution in [1.82, 2.24) is 15.3 Å². The van der Waals surface area contributed by atoms with Crippen molar-refractivity contribution in [3.05, 3.63) is 36.2 Å². The summed E-state index contributed by atoms with van der Waals surface area (Å²) in [6.45, 7) is 1.93. The molecule has 1 unspecified atom stereocenters. The average molecular weight is 239 g/mol. The molecule has 2 rings (SSSR count). The van der Waals surface area contributed by atoms with E-state index in [1.807, 2.05) is 6.92 Å².